The number of sulfonamides is 1. The Morgan fingerprint density at radius 3 is 1.75 bits per heavy atom. The molecule has 0 saturated heterocycles. The van der Waals surface area contributed by atoms with Gasteiger partial charge in [-0.2, -0.15) is 13.2 Å². The van der Waals surface area contributed by atoms with Gasteiger partial charge in [0.2, 0.25) is 10.0 Å². The van der Waals surface area contributed by atoms with Crippen LogP contribution in [-0.2, 0) is 16.2 Å². The number of hydrogen-bond donors (Lipinski definition) is 1. The van der Waals surface area contributed by atoms with E-state index in [4.69, 9.17) is 5.14 Å². The van der Waals surface area contributed by atoms with Crippen molar-refractivity contribution >= 4 is 10.0 Å². The predicted octanol–water partition coefficient (Wildman–Crippen LogP) is 3.60. The van der Waals surface area contributed by atoms with Crippen LogP contribution in [0, 0.1) is 0 Å². The van der Waals surface area contributed by atoms with Gasteiger partial charge in [-0.1, -0.05) is 27.7 Å². The summed E-state index contributed by atoms with van der Waals surface area (Å²) in [5.41, 5.74) is -0.779. The normalized spacial score (nSPS) is 13.3. The van der Waals surface area contributed by atoms with E-state index in [9.17, 15) is 21.6 Å². The molecule has 114 valence electrons. The lowest BCUT2D eigenvalue weighted by Gasteiger charge is -2.20. The van der Waals surface area contributed by atoms with Crippen LogP contribution in [0.5, 0.6) is 0 Å². The molecule has 0 fully saturated rings. The van der Waals surface area contributed by atoms with Gasteiger partial charge < -0.3 is 0 Å². The lowest BCUT2D eigenvalue weighted by molar-refractivity contribution is -0.138. The van der Waals surface area contributed by atoms with E-state index in [0.717, 1.165) is 12.1 Å². The van der Waals surface area contributed by atoms with Crippen molar-refractivity contribution in [2.24, 2.45) is 5.14 Å². The minimum Gasteiger partial charge on any atom is -0.225 e. The van der Waals surface area contributed by atoms with Gasteiger partial charge in [0.05, 0.1) is 10.5 Å². The molecule has 1 aromatic carbocycles. The largest absolute Gasteiger partial charge is 0.416 e. The highest BCUT2D eigenvalue weighted by atomic mass is 32.2. The molecule has 0 radical (unpaired) electrons. The summed E-state index contributed by atoms with van der Waals surface area (Å²) in [7, 11) is -4.06. The molecule has 0 aromatic heterocycles. The third-order valence-corrected chi connectivity index (χ3v) is 4.00. The molecular weight excluding hydrogens is 291 g/mol. The number of rotatable bonds is 3. The van der Waals surface area contributed by atoms with Gasteiger partial charge in [-0.15, -0.1) is 0 Å². The first-order valence-corrected chi connectivity index (χ1v) is 7.68. The third-order valence-electron chi connectivity index (χ3n) is 3.04. The molecular formula is C13H18F3NO2S. The topological polar surface area (TPSA) is 60.2 Å². The molecule has 0 unspecified atom stereocenters. The quantitative estimate of drug-likeness (QED) is 0.927. The van der Waals surface area contributed by atoms with Crippen molar-refractivity contribution < 1.29 is 21.6 Å². The second kappa shape index (κ2) is 5.37. The van der Waals surface area contributed by atoms with E-state index in [1.807, 2.05) is 0 Å². The molecule has 3 nitrogen and oxygen atoms in total. The van der Waals surface area contributed by atoms with Gasteiger partial charge in [0.1, 0.15) is 0 Å². The van der Waals surface area contributed by atoms with Crippen molar-refractivity contribution in [2.45, 2.75) is 50.6 Å². The standard InChI is InChI=1S/C13H18F3NO2S/c1-7(2)9-6-12(20(17,18)19)10(8(3)4)5-11(9)13(14,15)16/h5-8H,1-4H3,(H2,17,18,19). The van der Waals surface area contributed by atoms with Crippen molar-refractivity contribution in [3.63, 3.8) is 0 Å². The number of primary sulfonamides is 1. The Morgan fingerprint density at radius 2 is 1.45 bits per heavy atom. The van der Waals surface area contributed by atoms with Crippen LogP contribution in [-0.4, -0.2) is 8.42 Å². The molecule has 0 aliphatic heterocycles. The maximum atomic E-state index is 13.1. The molecule has 0 amide bonds. The minimum absolute atomic E-state index is 0.0640. The van der Waals surface area contributed by atoms with Crippen molar-refractivity contribution in [3.05, 3.63) is 28.8 Å². The molecule has 0 atom stereocenters. The van der Waals surface area contributed by atoms with Gasteiger partial charge in [0.15, 0.2) is 0 Å². The zero-order chi connectivity index (χ0) is 15.9. The summed E-state index contributed by atoms with van der Waals surface area (Å²) in [5.74, 6) is -0.848. The number of halogens is 3. The molecule has 1 rings (SSSR count). The van der Waals surface area contributed by atoms with E-state index in [2.05, 4.69) is 0 Å². The average molecular weight is 309 g/mol. The fourth-order valence-corrected chi connectivity index (χ4v) is 2.95. The molecule has 7 heteroatoms. The Morgan fingerprint density at radius 1 is 1.00 bits per heavy atom. The number of nitrogens with two attached hydrogens (primary N) is 1. The smallest absolute Gasteiger partial charge is 0.225 e. The van der Waals surface area contributed by atoms with Crippen molar-refractivity contribution in [1.29, 1.82) is 0 Å². The van der Waals surface area contributed by atoms with Crippen LogP contribution >= 0.6 is 0 Å². The Bertz CT molecular complexity index is 605. The number of benzene rings is 1. The highest BCUT2D eigenvalue weighted by Gasteiger charge is 2.36. The second-order valence-corrected chi connectivity index (χ2v) is 6.86. The first kappa shape index (κ1) is 17.0. The second-order valence-electron chi connectivity index (χ2n) is 5.33. The summed E-state index contributed by atoms with van der Waals surface area (Å²) in [4.78, 5) is -0.232. The van der Waals surface area contributed by atoms with Crippen molar-refractivity contribution in [3.8, 4) is 0 Å². The highest BCUT2D eigenvalue weighted by Crippen LogP contribution is 2.39. The van der Waals surface area contributed by atoms with Crippen LogP contribution in [0.25, 0.3) is 0 Å². The van der Waals surface area contributed by atoms with E-state index in [0.29, 0.717) is 0 Å². The van der Waals surface area contributed by atoms with Crippen LogP contribution in [0.1, 0.15) is 56.2 Å². The summed E-state index contributed by atoms with van der Waals surface area (Å²) in [6.45, 7) is 6.40. The third kappa shape index (κ3) is 3.52. The van der Waals surface area contributed by atoms with E-state index in [1.165, 1.54) is 0 Å². The van der Waals surface area contributed by atoms with Crippen LogP contribution < -0.4 is 5.14 Å². The molecule has 0 spiro atoms. The average Bonchev–Trinajstić information content (AvgIpc) is 2.24. The monoisotopic (exact) mass is 309 g/mol. The lowest BCUT2D eigenvalue weighted by Crippen LogP contribution is -2.19. The van der Waals surface area contributed by atoms with Gasteiger partial charge in [-0.05, 0) is 35.1 Å². The van der Waals surface area contributed by atoms with Crippen LogP contribution in [0.2, 0.25) is 0 Å². The summed E-state index contributed by atoms with van der Waals surface area (Å²) in [6, 6.07) is 1.96. The fourth-order valence-electron chi connectivity index (χ4n) is 2.03. The molecule has 1 aromatic rings. The van der Waals surface area contributed by atoms with E-state index < -0.39 is 27.7 Å². The summed E-state index contributed by atoms with van der Waals surface area (Å²) in [5, 5.41) is 5.11. The first-order valence-electron chi connectivity index (χ1n) is 6.13. The molecule has 2 N–H and O–H groups in total. The van der Waals surface area contributed by atoms with Crippen molar-refractivity contribution in [2.75, 3.05) is 0 Å². The van der Waals surface area contributed by atoms with Crippen LogP contribution in [0.15, 0.2) is 17.0 Å². The number of alkyl halides is 3. The lowest BCUT2D eigenvalue weighted by atomic mass is 9.91. The highest BCUT2D eigenvalue weighted by molar-refractivity contribution is 7.89. The molecule has 20 heavy (non-hydrogen) atoms. The van der Waals surface area contributed by atoms with Crippen LogP contribution in [0.3, 0.4) is 0 Å². The Kier molecular flexibility index (Phi) is 4.55. The maximum absolute atomic E-state index is 13.1. The van der Waals surface area contributed by atoms with E-state index >= 15 is 0 Å². The molecule has 0 heterocycles. The first-order chi connectivity index (χ1) is 8.85. The molecule has 0 bridgehead atoms. The molecule has 0 saturated carbocycles. The Hall–Kier alpha value is -1.08. The Labute approximate surface area is 117 Å². The van der Waals surface area contributed by atoms with E-state index in [1.54, 1.807) is 27.7 Å². The number of hydrogen-bond acceptors (Lipinski definition) is 2. The van der Waals surface area contributed by atoms with Crippen LogP contribution in [0.4, 0.5) is 13.2 Å². The zero-order valence-electron chi connectivity index (χ0n) is 11.7. The van der Waals surface area contributed by atoms with Gasteiger partial charge in [0.25, 0.3) is 0 Å². The summed E-state index contributed by atoms with van der Waals surface area (Å²) in [6.07, 6.45) is -4.53. The van der Waals surface area contributed by atoms with E-state index in [-0.39, 0.29) is 21.9 Å². The molecule has 0 aliphatic carbocycles. The summed E-state index contributed by atoms with van der Waals surface area (Å²) >= 11 is 0. The summed E-state index contributed by atoms with van der Waals surface area (Å²) < 4.78 is 62.5. The maximum Gasteiger partial charge on any atom is 0.416 e. The van der Waals surface area contributed by atoms with Gasteiger partial charge >= 0.3 is 6.18 Å². The fraction of sp³-hybridized carbons (Fsp3) is 0.538. The minimum atomic E-state index is -4.53. The van der Waals surface area contributed by atoms with Gasteiger partial charge in [-0.25, -0.2) is 13.6 Å². The van der Waals surface area contributed by atoms with Crippen molar-refractivity contribution in [1.82, 2.24) is 0 Å². The van der Waals surface area contributed by atoms with Gasteiger partial charge in [-0.3, -0.25) is 0 Å². The molecule has 0 aliphatic rings. The van der Waals surface area contributed by atoms with Gasteiger partial charge in [0, 0.05) is 0 Å². The SMILES string of the molecule is CC(C)c1cc(S(N)(=O)=O)c(C(C)C)cc1C(F)(F)F. The Balaban J connectivity index is 3.79. The predicted molar refractivity (Wildman–Crippen MR) is 71.0 cm³/mol. The zero-order valence-corrected chi connectivity index (χ0v) is 12.6.